The average molecular weight is 516 g/mol. The topological polar surface area (TPSA) is 40.0 Å². The molecule has 1 heterocycles. The summed E-state index contributed by atoms with van der Waals surface area (Å²) in [5.74, 6) is 2.41. The zero-order chi connectivity index (χ0) is 26.2. The summed E-state index contributed by atoms with van der Waals surface area (Å²) in [7, 11) is 0. The standard InChI is InChI=1S/C33H57NO3/c1-3-5-7-9-11-13-15-17-19-21-26-35-31-24-23-30(33-34-25-28-37-33)29-32(31)36-27-22-20-18-16-14-12-10-8-6-4-2/h23-24,29H,3-22,25-28H2,1-2H3. The molecule has 1 aromatic rings. The van der Waals surface area contributed by atoms with Crippen LogP contribution in [-0.4, -0.2) is 32.3 Å². The number of rotatable bonds is 25. The van der Waals surface area contributed by atoms with Gasteiger partial charge in [0.15, 0.2) is 11.5 Å². The van der Waals surface area contributed by atoms with E-state index in [1.807, 2.05) is 18.2 Å². The predicted molar refractivity (Wildman–Crippen MR) is 158 cm³/mol. The Morgan fingerprint density at radius 1 is 0.595 bits per heavy atom. The van der Waals surface area contributed by atoms with Crippen LogP contribution in [0.3, 0.4) is 0 Å². The van der Waals surface area contributed by atoms with Gasteiger partial charge in [0.1, 0.15) is 6.61 Å². The molecule has 37 heavy (non-hydrogen) atoms. The third-order valence-electron chi connectivity index (χ3n) is 7.29. The Hall–Kier alpha value is -1.71. The number of hydrogen-bond acceptors (Lipinski definition) is 4. The maximum Gasteiger partial charge on any atom is 0.216 e. The minimum absolute atomic E-state index is 0.668. The van der Waals surface area contributed by atoms with Crippen LogP contribution in [0.4, 0.5) is 0 Å². The molecule has 0 unspecified atom stereocenters. The van der Waals surface area contributed by atoms with Gasteiger partial charge >= 0.3 is 0 Å². The lowest BCUT2D eigenvalue weighted by Crippen LogP contribution is -2.06. The van der Waals surface area contributed by atoms with Crippen molar-refractivity contribution in [3.8, 4) is 11.5 Å². The largest absolute Gasteiger partial charge is 0.490 e. The molecule has 1 aliphatic rings. The fraction of sp³-hybridized carbons (Fsp3) is 0.788. The average Bonchev–Trinajstić information content (AvgIpc) is 3.46. The van der Waals surface area contributed by atoms with Gasteiger partial charge in [-0.05, 0) is 31.0 Å². The third kappa shape index (κ3) is 15.3. The van der Waals surface area contributed by atoms with Crippen LogP contribution in [0.5, 0.6) is 11.5 Å². The van der Waals surface area contributed by atoms with Crippen LogP contribution in [0.1, 0.15) is 148 Å². The number of aliphatic imine (C=N–C) groups is 1. The Labute approximate surface area is 229 Å². The molecule has 4 nitrogen and oxygen atoms in total. The van der Waals surface area contributed by atoms with Crippen LogP contribution in [-0.2, 0) is 4.74 Å². The van der Waals surface area contributed by atoms with Gasteiger partial charge in [-0.25, -0.2) is 4.99 Å². The lowest BCUT2D eigenvalue weighted by Gasteiger charge is -2.14. The highest BCUT2D eigenvalue weighted by Gasteiger charge is 2.14. The fourth-order valence-corrected chi connectivity index (χ4v) is 4.93. The molecule has 0 saturated carbocycles. The number of unbranched alkanes of at least 4 members (excludes halogenated alkanes) is 18. The summed E-state index contributed by atoms with van der Waals surface area (Å²) in [5, 5.41) is 0. The molecule has 4 heteroatoms. The Kier molecular flexibility index (Phi) is 19.0. The molecule has 212 valence electrons. The first kappa shape index (κ1) is 31.5. The van der Waals surface area contributed by atoms with Gasteiger partial charge in [0.2, 0.25) is 5.90 Å². The van der Waals surface area contributed by atoms with Crippen molar-refractivity contribution >= 4 is 5.90 Å². The van der Waals surface area contributed by atoms with Crippen molar-refractivity contribution in [3.05, 3.63) is 23.8 Å². The first-order chi connectivity index (χ1) is 18.3. The van der Waals surface area contributed by atoms with E-state index in [2.05, 4.69) is 18.8 Å². The van der Waals surface area contributed by atoms with Gasteiger partial charge in [0.05, 0.1) is 19.8 Å². The summed E-state index contributed by atoms with van der Waals surface area (Å²) < 4.78 is 18.1. The molecular formula is C33H57NO3. The summed E-state index contributed by atoms with van der Waals surface area (Å²) in [6.45, 7) is 7.46. The number of ether oxygens (including phenoxy) is 3. The van der Waals surface area contributed by atoms with E-state index in [0.29, 0.717) is 6.61 Å². The smallest absolute Gasteiger partial charge is 0.216 e. The van der Waals surface area contributed by atoms with E-state index in [0.717, 1.165) is 55.6 Å². The van der Waals surface area contributed by atoms with Crippen molar-refractivity contribution in [2.24, 2.45) is 4.99 Å². The van der Waals surface area contributed by atoms with Crippen molar-refractivity contribution in [2.75, 3.05) is 26.4 Å². The molecule has 0 fully saturated rings. The van der Waals surface area contributed by atoms with Crippen molar-refractivity contribution < 1.29 is 14.2 Å². The molecule has 0 N–H and O–H groups in total. The van der Waals surface area contributed by atoms with Crippen LogP contribution in [0.2, 0.25) is 0 Å². The third-order valence-corrected chi connectivity index (χ3v) is 7.29. The van der Waals surface area contributed by atoms with E-state index in [9.17, 15) is 0 Å². The molecule has 2 rings (SSSR count). The van der Waals surface area contributed by atoms with Crippen LogP contribution >= 0.6 is 0 Å². The normalized spacial score (nSPS) is 13.0. The fourth-order valence-electron chi connectivity index (χ4n) is 4.93. The van der Waals surface area contributed by atoms with E-state index in [1.165, 1.54) is 116 Å². The summed E-state index contributed by atoms with van der Waals surface area (Å²) in [5.41, 5.74) is 0.988. The Morgan fingerprint density at radius 2 is 1.05 bits per heavy atom. The monoisotopic (exact) mass is 515 g/mol. The number of nitrogens with zero attached hydrogens (tertiary/aromatic N) is 1. The van der Waals surface area contributed by atoms with Gasteiger partial charge in [-0.3, -0.25) is 0 Å². The molecule has 0 aromatic heterocycles. The highest BCUT2D eigenvalue weighted by atomic mass is 16.5. The zero-order valence-electron chi connectivity index (χ0n) is 24.4. The Morgan fingerprint density at radius 3 is 1.51 bits per heavy atom. The first-order valence-corrected chi connectivity index (χ1v) is 15.9. The maximum absolute atomic E-state index is 6.22. The number of hydrogen-bond donors (Lipinski definition) is 0. The quantitative estimate of drug-likeness (QED) is 0.122. The van der Waals surface area contributed by atoms with E-state index in [1.54, 1.807) is 0 Å². The van der Waals surface area contributed by atoms with Crippen LogP contribution in [0.15, 0.2) is 23.2 Å². The molecule has 0 radical (unpaired) electrons. The van der Waals surface area contributed by atoms with Gasteiger partial charge < -0.3 is 14.2 Å². The summed E-state index contributed by atoms with van der Waals surface area (Å²) in [6, 6.07) is 6.13. The minimum Gasteiger partial charge on any atom is -0.490 e. The van der Waals surface area contributed by atoms with Crippen molar-refractivity contribution in [3.63, 3.8) is 0 Å². The van der Waals surface area contributed by atoms with Gasteiger partial charge in [-0.1, -0.05) is 129 Å². The molecule has 0 saturated heterocycles. The summed E-state index contributed by atoms with van der Waals surface area (Å²) >= 11 is 0. The van der Waals surface area contributed by atoms with Gasteiger partial charge in [-0.15, -0.1) is 0 Å². The van der Waals surface area contributed by atoms with Crippen molar-refractivity contribution in [1.82, 2.24) is 0 Å². The molecule has 0 amide bonds. The van der Waals surface area contributed by atoms with Gasteiger partial charge in [-0.2, -0.15) is 0 Å². The van der Waals surface area contributed by atoms with Crippen LogP contribution in [0, 0.1) is 0 Å². The number of benzene rings is 1. The van der Waals surface area contributed by atoms with Gasteiger partial charge in [0, 0.05) is 5.56 Å². The van der Waals surface area contributed by atoms with Gasteiger partial charge in [0.25, 0.3) is 0 Å². The molecule has 1 aromatic carbocycles. The minimum atomic E-state index is 0.668. The molecule has 0 spiro atoms. The van der Waals surface area contributed by atoms with Crippen molar-refractivity contribution in [1.29, 1.82) is 0 Å². The lowest BCUT2D eigenvalue weighted by atomic mass is 10.1. The Bertz CT molecular complexity index is 703. The van der Waals surface area contributed by atoms with Crippen molar-refractivity contribution in [2.45, 2.75) is 142 Å². The Balaban J connectivity index is 1.64. The summed E-state index contributed by atoms with van der Waals surface area (Å²) in [4.78, 5) is 4.47. The van der Waals surface area contributed by atoms with E-state index in [-0.39, 0.29) is 0 Å². The van der Waals surface area contributed by atoms with E-state index >= 15 is 0 Å². The second-order valence-corrected chi connectivity index (χ2v) is 10.8. The molecular weight excluding hydrogens is 458 g/mol. The predicted octanol–water partition coefficient (Wildman–Crippen LogP) is 10.1. The highest BCUT2D eigenvalue weighted by molar-refractivity contribution is 5.95. The zero-order valence-corrected chi connectivity index (χ0v) is 24.4. The van der Waals surface area contributed by atoms with E-state index in [4.69, 9.17) is 14.2 Å². The molecule has 0 aliphatic carbocycles. The summed E-state index contributed by atoms with van der Waals surface area (Å²) in [6.07, 6.45) is 26.6. The molecule has 1 aliphatic heterocycles. The lowest BCUT2D eigenvalue weighted by molar-refractivity contribution is 0.258. The molecule has 0 atom stereocenters. The maximum atomic E-state index is 6.22. The van der Waals surface area contributed by atoms with Crippen LogP contribution < -0.4 is 9.47 Å². The SMILES string of the molecule is CCCCCCCCCCCCOc1ccc(C2=NCCO2)cc1OCCCCCCCCCCCC. The first-order valence-electron chi connectivity index (χ1n) is 15.9. The van der Waals surface area contributed by atoms with E-state index < -0.39 is 0 Å². The second-order valence-electron chi connectivity index (χ2n) is 10.8. The second kappa shape index (κ2) is 22.3. The molecule has 0 bridgehead atoms. The highest BCUT2D eigenvalue weighted by Crippen LogP contribution is 2.30. The van der Waals surface area contributed by atoms with Crippen LogP contribution in [0.25, 0.3) is 0 Å².